The normalized spacial score (nSPS) is 22.5. The molecule has 0 aromatic heterocycles. The van der Waals surface area contributed by atoms with E-state index in [9.17, 15) is 9.59 Å². The molecule has 1 unspecified atom stereocenters. The molecule has 0 saturated carbocycles. The molecule has 1 N–H and O–H groups in total. The maximum Gasteiger partial charge on any atom is 0.220 e. The van der Waals surface area contributed by atoms with Crippen LogP contribution in [0.5, 0.6) is 0 Å². The number of piperidine rings is 1. The molecule has 1 fully saturated rings. The van der Waals surface area contributed by atoms with Crippen molar-refractivity contribution in [3.8, 4) is 0 Å². The van der Waals surface area contributed by atoms with Gasteiger partial charge in [-0.1, -0.05) is 24.3 Å². The van der Waals surface area contributed by atoms with Crippen LogP contribution in [0, 0.1) is 0 Å². The van der Waals surface area contributed by atoms with Crippen molar-refractivity contribution in [2.75, 3.05) is 20.1 Å². The highest BCUT2D eigenvalue weighted by Gasteiger charge is 2.45. The summed E-state index contributed by atoms with van der Waals surface area (Å²) in [5.41, 5.74) is 2.90. The van der Waals surface area contributed by atoms with Crippen molar-refractivity contribution in [3.63, 3.8) is 0 Å². The Morgan fingerprint density at radius 3 is 2.59 bits per heavy atom. The van der Waals surface area contributed by atoms with Crippen molar-refractivity contribution >= 4 is 11.8 Å². The number of amides is 2. The lowest BCUT2D eigenvalue weighted by Crippen LogP contribution is -2.43. The maximum atomic E-state index is 11.8. The molecule has 1 aromatic rings. The van der Waals surface area contributed by atoms with Gasteiger partial charge in [0.1, 0.15) is 0 Å². The summed E-state index contributed by atoms with van der Waals surface area (Å²) in [4.78, 5) is 25.3. The quantitative estimate of drug-likeness (QED) is 0.910. The standard InChI is InChI=1S/C18H24N2O2/c1-13(21)20-9-7-18(8-10-20)12-14(11-17(22)19-2)15-5-3-4-6-16(15)18/h3-6,14H,7-12H2,1-2H3,(H,19,22). The molecule has 0 radical (unpaired) electrons. The highest BCUT2D eigenvalue weighted by Crippen LogP contribution is 2.52. The summed E-state index contributed by atoms with van der Waals surface area (Å²) in [5.74, 6) is 0.584. The van der Waals surface area contributed by atoms with Gasteiger partial charge in [0, 0.05) is 33.5 Å². The minimum atomic E-state index is 0.109. The Balaban J connectivity index is 1.85. The Morgan fingerprint density at radius 1 is 1.27 bits per heavy atom. The number of nitrogens with zero attached hydrogens (tertiary/aromatic N) is 1. The predicted octanol–water partition coefficient (Wildman–Crippen LogP) is 2.19. The number of rotatable bonds is 2. The molecule has 118 valence electrons. The Bertz CT molecular complexity index is 589. The van der Waals surface area contributed by atoms with Gasteiger partial charge >= 0.3 is 0 Å². The van der Waals surface area contributed by atoms with Crippen LogP contribution in [-0.2, 0) is 15.0 Å². The number of likely N-dealkylation sites (tertiary alicyclic amines) is 1. The molecule has 2 amide bonds. The van der Waals surface area contributed by atoms with E-state index in [0.29, 0.717) is 12.3 Å². The van der Waals surface area contributed by atoms with Crippen LogP contribution in [0.3, 0.4) is 0 Å². The maximum absolute atomic E-state index is 11.8. The molecule has 3 rings (SSSR count). The van der Waals surface area contributed by atoms with Crippen molar-refractivity contribution in [1.29, 1.82) is 0 Å². The summed E-state index contributed by atoms with van der Waals surface area (Å²) >= 11 is 0. The van der Waals surface area contributed by atoms with Crippen LogP contribution in [0.25, 0.3) is 0 Å². The number of nitrogens with one attached hydrogen (secondary N) is 1. The topological polar surface area (TPSA) is 49.4 Å². The van der Waals surface area contributed by atoms with Crippen molar-refractivity contribution in [2.24, 2.45) is 0 Å². The summed E-state index contributed by atoms with van der Waals surface area (Å²) in [6, 6.07) is 8.57. The molecule has 1 heterocycles. The second-order valence-corrected chi connectivity index (χ2v) is 6.65. The fraction of sp³-hybridized carbons (Fsp3) is 0.556. The number of fused-ring (bicyclic) bond motifs is 2. The summed E-state index contributed by atoms with van der Waals surface area (Å²) < 4.78 is 0. The number of hydrogen-bond donors (Lipinski definition) is 1. The van der Waals surface area contributed by atoms with Gasteiger partial charge < -0.3 is 10.2 Å². The van der Waals surface area contributed by atoms with Gasteiger partial charge in [-0.3, -0.25) is 9.59 Å². The number of carbonyl (C=O) groups excluding carboxylic acids is 2. The van der Waals surface area contributed by atoms with E-state index in [1.165, 1.54) is 11.1 Å². The molecule has 4 nitrogen and oxygen atoms in total. The molecule has 4 heteroatoms. The van der Waals surface area contributed by atoms with Gasteiger partial charge in [0.2, 0.25) is 11.8 Å². The van der Waals surface area contributed by atoms with Gasteiger partial charge in [-0.15, -0.1) is 0 Å². The summed E-state index contributed by atoms with van der Waals surface area (Å²) in [6.45, 7) is 3.31. The Hall–Kier alpha value is -1.84. The first-order chi connectivity index (χ1) is 10.6. The third-order valence-corrected chi connectivity index (χ3v) is 5.49. The van der Waals surface area contributed by atoms with Crippen LogP contribution in [0.1, 0.15) is 49.7 Å². The van der Waals surface area contributed by atoms with Crippen LogP contribution in [0.4, 0.5) is 0 Å². The molecule has 1 spiro atoms. The van der Waals surface area contributed by atoms with Crippen LogP contribution >= 0.6 is 0 Å². The van der Waals surface area contributed by atoms with Gasteiger partial charge in [0.15, 0.2) is 0 Å². The van der Waals surface area contributed by atoms with Crippen LogP contribution in [0.15, 0.2) is 24.3 Å². The lowest BCUT2D eigenvalue weighted by molar-refractivity contribution is -0.130. The van der Waals surface area contributed by atoms with Gasteiger partial charge in [0.25, 0.3) is 0 Å². The number of hydrogen-bond acceptors (Lipinski definition) is 2. The molecular formula is C18H24N2O2. The van der Waals surface area contributed by atoms with Gasteiger partial charge in [-0.05, 0) is 41.7 Å². The first-order valence-corrected chi connectivity index (χ1v) is 8.11. The molecule has 0 bridgehead atoms. The third kappa shape index (κ3) is 2.51. The molecule has 1 atom stereocenters. The molecule has 1 aromatic carbocycles. The lowest BCUT2D eigenvalue weighted by atomic mass is 9.73. The fourth-order valence-corrected chi connectivity index (χ4v) is 4.26. The average molecular weight is 300 g/mol. The van der Waals surface area contributed by atoms with Crippen molar-refractivity contribution < 1.29 is 9.59 Å². The second kappa shape index (κ2) is 5.75. The summed E-state index contributed by atoms with van der Waals surface area (Å²) in [5, 5.41) is 2.74. The summed E-state index contributed by atoms with van der Waals surface area (Å²) in [6.07, 6.45) is 3.61. The fourth-order valence-electron chi connectivity index (χ4n) is 4.26. The van der Waals surface area contributed by atoms with E-state index in [2.05, 4.69) is 29.6 Å². The first-order valence-electron chi connectivity index (χ1n) is 8.11. The van der Waals surface area contributed by atoms with E-state index in [-0.39, 0.29) is 17.2 Å². The molecule has 2 aliphatic rings. The van der Waals surface area contributed by atoms with Crippen molar-refractivity contribution in [3.05, 3.63) is 35.4 Å². The van der Waals surface area contributed by atoms with Gasteiger partial charge in [-0.2, -0.15) is 0 Å². The molecular weight excluding hydrogens is 276 g/mol. The number of carbonyl (C=O) groups is 2. The van der Waals surface area contributed by atoms with E-state index in [4.69, 9.17) is 0 Å². The summed E-state index contributed by atoms with van der Waals surface area (Å²) in [7, 11) is 1.70. The van der Waals surface area contributed by atoms with Crippen molar-refractivity contribution in [1.82, 2.24) is 10.2 Å². The highest BCUT2D eigenvalue weighted by molar-refractivity contribution is 5.77. The smallest absolute Gasteiger partial charge is 0.220 e. The van der Waals surface area contributed by atoms with Crippen LogP contribution in [-0.4, -0.2) is 36.9 Å². The molecule has 1 saturated heterocycles. The Kier molecular flexibility index (Phi) is 3.94. The average Bonchev–Trinajstić information content (AvgIpc) is 2.82. The lowest BCUT2D eigenvalue weighted by Gasteiger charge is -2.40. The Morgan fingerprint density at radius 2 is 1.95 bits per heavy atom. The van der Waals surface area contributed by atoms with Crippen molar-refractivity contribution in [2.45, 2.75) is 43.9 Å². The minimum Gasteiger partial charge on any atom is -0.359 e. The highest BCUT2D eigenvalue weighted by atomic mass is 16.2. The minimum absolute atomic E-state index is 0.109. The van der Waals surface area contributed by atoms with E-state index in [0.717, 1.165) is 32.4 Å². The van der Waals surface area contributed by atoms with Gasteiger partial charge in [-0.25, -0.2) is 0 Å². The zero-order valence-electron chi connectivity index (χ0n) is 13.4. The zero-order valence-corrected chi connectivity index (χ0v) is 13.4. The van der Waals surface area contributed by atoms with E-state index >= 15 is 0 Å². The second-order valence-electron chi connectivity index (χ2n) is 6.65. The first kappa shape index (κ1) is 15.1. The molecule has 22 heavy (non-hydrogen) atoms. The molecule has 1 aliphatic heterocycles. The SMILES string of the molecule is CNC(=O)CC1CC2(CCN(C(C)=O)CC2)c2ccccc21. The third-order valence-electron chi connectivity index (χ3n) is 5.49. The van der Waals surface area contributed by atoms with Crippen LogP contribution in [0.2, 0.25) is 0 Å². The van der Waals surface area contributed by atoms with Crippen LogP contribution < -0.4 is 5.32 Å². The monoisotopic (exact) mass is 300 g/mol. The van der Waals surface area contributed by atoms with Gasteiger partial charge in [0.05, 0.1) is 0 Å². The van der Waals surface area contributed by atoms with E-state index < -0.39 is 0 Å². The van der Waals surface area contributed by atoms with E-state index in [1.807, 2.05) is 4.90 Å². The zero-order chi connectivity index (χ0) is 15.7. The predicted molar refractivity (Wildman–Crippen MR) is 85.6 cm³/mol. The largest absolute Gasteiger partial charge is 0.359 e. The molecule has 1 aliphatic carbocycles. The van der Waals surface area contributed by atoms with E-state index in [1.54, 1.807) is 14.0 Å². The number of benzene rings is 1. The Labute approximate surface area is 131 Å².